The lowest BCUT2D eigenvalue weighted by molar-refractivity contribution is -0.141. The monoisotopic (exact) mass is 208 g/mol. The molecular formula is C12H16O3. The maximum Gasteiger partial charge on any atom is 0.302 e. The largest absolute Gasteiger partial charge is 0.493 e. The van der Waals surface area contributed by atoms with Crippen LogP contribution in [0.2, 0.25) is 0 Å². The maximum atomic E-state index is 10.5. The molecule has 0 aliphatic carbocycles. The number of ether oxygens (including phenoxy) is 2. The third-order valence-corrected chi connectivity index (χ3v) is 1.88. The fourth-order valence-electron chi connectivity index (χ4n) is 1.10. The van der Waals surface area contributed by atoms with Gasteiger partial charge in [0.1, 0.15) is 5.75 Å². The van der Waals surface area contributed by atoms with E-state index < -0.39 is 0 Å². The highest BCUT2D eigenvalue weighted by Gasteiger charge is 1.95. The van der Waals surface area contributed by atoms with Crippen LogP contribution in [0.5, 0.6) is 5.75 Å². The van der Waals surface area contributed by atoms with Gasteiger partial charge in [-0.15, -0.1) is 0 Å². The standard InChI is InChI=1S/C12H16O3/c1-10-4-6-12(7-5-10)15-9-3-8-14-11(2)13/h4-7H,3,8-9H2,1-2H3. The number of rotatable bonds is 5. The zero-order chi connectivity index (χ0) is 11.1. The molecule has 0 saturated heterocycles. The summed E-state index contributed by atoms with van der Waals surface area (Å²) in [6.45, 7) is 4.42. The maximum absolute atomic E-state index is 10.5. The molecule has 0 fully saturated rings. The minimum atomic E-state index is -0.245. The van der Waals surface area contributed by atoms with Crippen LogP contribution in [0.3, 0.4) is 0 Å². The highest BCUT2D eigenvalue weighted by atomic mass is 16.5. The number of hydrogen-bond donors (Lipinski definition) is 0. The van der Waals surface area contributed by atoms with Crippen molar-refractivity contribution in [3.63, 3.8) is 0 Å². The first-order valence-electron chi connectivity index (χ1n) is 5.01. The predicted octanol–water partition coefficient (Wildman–Crippen LogP) is 2.33. The summed E-state index contributed by atoms with van der Waals surface area (Å²) in [6.07, 6.45) is 0.716. The quantitative estimate of drug-likeness (QED) is 0.550. The van der Waals surface area contributed by atoms with Gasteiger partial charge < -0.3 is 9.47 Å². The number of benzene rings is 1. The SMILES string of the molecule is CC(=O)OCCCOc1ccc(C)cc1. The number of carbonyl (C=O) groups is 1. The smallest absolute Gasteiger partial charge is 0.302 e. The van der Waals surface area contributed by atoms with Crippen LogP contribution in [0.15, 0.2) is 24.3 Å². The molecule has 0 aliphatic heterocycles. The summed E-state index contributed by atoms with van der Waals surface area (Å²) in [4.78, 5) is 10.5. The molecule has 0 heterocycles. The predicted molar refractivity (Wildman–Crippen MR) is 57.9 cm³/mol. The van der Waals surface area contributed by atoms with Gasteiger partial charge in [0.2, 0.25) is 0 Å². The van der Waals surface area contributed by atoms with E-state index in [0.29, 0.717) is 19.6 Å². The molecule has 0 aromatic heterocycles. The molecule has 15 heavy (non-hydrogen) atoms. The molecule has 1 rings (SSSR count). The Morgan fingerprint density at radius 3 is 2.47 bits per heavy atom. The van der Waals surface area contributed by atoms with Gasteiger partial charge in [-0.3, -0.25) is 4.79 Å². The summed E-state index contributed by atoms with van der Waals surface area (Å²) >= 11 is 0. The van der Waals surface area contributed by atoms with Crippen LogP contribution in [-0.4, -0.2) is 19.2 Å². The highest BCUT2D eigenvalue weighted by Crippen LogP contribution is 2.11. The van der Waals surface area contributed by atoms with E-state index in [4.69, 9.17) is 9.47 Å². The Hall–Kier alpha value is -1.51. The molecule has 82 valence electrons. The van der Waals surface area contributed by atoms with Gasteiger partial charge in [0.15, 0.2) is 0 Å². The molecule has 0 bridgehead atoms. The number of aryl methyl sites for hydroxylation is 1. The summed E-state index contributed by atoms with van der Waals surface area (Å²) in [5.74, 6) is 0.605. The molecule has 1 aromatic carbocycles. The Labute approximate surface area is 90.0 Å². The Bertz CT molecular complexity index is 303. The lowest BCUT2D eigenvalue weighted by Gasteiger charge is -2.06. The summed E-state index contributed by atoms with van der Waals surface area (Å²) in [5, 5.41) is 0. The summed E-state index contributed by atoms with van der Waals surface area (Å²) in [6, 6.07) is 7.87. The highest BCUT2D eigenvalue weighted by molar-refractivity contribution is 5.65. The van der Waals surface area contributed by atoms with Crippen LogP contribution in [0, 0.1) is 6.92 Å². The molecule has 3 nitrogen and oxygen atoms in total. The lowest BCUT2D eigenvalue weighted by atomic mass is 10.2. The van der Waals surface area contributed by atoms with Crippen LogP contribution in [-0.2, 0) is 9.53 Å². The first kappa shape index (κ1) is 11.6. The molecule has 0 amide bonds. The molecule has 0 aliphatic rings. The van der Waals surface area contributed by atoms with Crippen molar-refractivity contribution in [2.24, 2.45) is 0 Å². The van der Waals surface area contributed by atoms with Crippen molar-refractivity contribution in [1.29, 1.82) is 0 Å². The van der Waals surface area contributed by atoms with Gasteiger partial charge in [-0.1, -0.05) is 17.7 Å². The number of carbonyl (C=O) groups excluding carboxylic acids is 1. The fourth-order valence-corrected chi connectivity index (χ4v) is 1.10. The van der Waals surface area contributed by atoms with Crippen LogP contribution in [0.1, 0.15) is 18.9 Å². The number of esters is 1. The number of hydrogen-bond acceptors (Lipinski definition) is 3. The summed E-state index contributed by atoms with van der Waals surface area (Å²) in [7, 11) is 0. The van der Waals surface area contributed by atoms with Gasteiger partial charge >= 0.3 is 5.97 Å². The third-order valence-electron chi connectivity index (χ3n) is 1.88. The topological polar surface area (TPSA) is 35.5 Å². The van der Waals surface area contributed by atoms with E-state index in [2.05, 4.69) is 0 Å². The summed E-state index contributed by atoms with van der Waals surface area (Å²) < 4.78 is 10.2. The van der Waals surface area contributed by atoms with Crippen molar-refractivity contribution in [2.75, 3.05) is 13.2 Å². The van der Waals surface area contributed by atoms with Crippen molar-refractivity contribution in [2.45, 2.75) is 20.3 Å². The average Bonchev–Trinajstić information content (AvgIpc) is 2.20. The molecule has 0 atom stereocenters. The Balaban J connectivity index is 2.15. The van der Waals surface area contributed by atoms with E-state index >= 15 is 0 Å². The molecule has 0 N–H and O–H groups in total. The van der Waals surface area contributed by atoms with Crippen LogP contribution < -0.4 is 4.74 Å². The van der Waals surface area contributed by atoms with E-state index in [-0.39, 0.29) is 5.97 Å². The van der Waals surface area contributed by atoms with Crippen LogP contribution in [0.4, 0.5) is 0 Å². The van der Waals surface area contributed by atoms with Crippen molar-refractivity contribution >= 4 is 5.97 Å². The Morgan fingerprint density at radius 2 is 1.87 bits per heavy atom. The molecule has 3 heteroatoms. The zero-order valence-electron chi connectivity index (χ0n) is 9.16. The van der Waals surface area contributed by atoms with Gasteiger partial charge in [-0.2, -0.15) is 0 Å². The van der Waals surface area contributed by atoms with Crippen molar-refractivity contribution in [1.82, 2.24) is 0 Å². The lowest BCUT2D eigenvalue weighted by Crippen LogP contribution is -2.05. The summed E-state index contributed by atoms with van der Waals surface area (Å²) in [5.41, 5.74) is 1.21. The van der Waals surface area contributed by atoms with E-state index in [1.807, 2.05) is 31.2 Å². The Morgan fingerprint density at radius 1 is 1.20 bits per heavy atom. The molecular weight excluding hydrogens is 192 g/mol. The second-order valence-corrected chi connectivity index (χ2v) is 3.36. The van der Waals surface area contributed by atoms with Crippen molar-refractivity contribution in [3.8, 4) is 5.75 Å². The zero-order valence-corrected chi connectivity index (χ0v) is 9.16. The molecule has 0 unspecified atom stereocenters. The minimum absolute atomic E-state index is 0.245. The second kappa shape index (κ2) is 6.06. The van der Waals surface area contributed by atoms with Gasteiger partial charge in [0.25, 0.3) is 0 Å². The van der Waals surface area contributed by atoms with Crippen molar-refractivity contribution in [3.05, 3.63) is 29.8 Å². The van der Waals surface area contributed by atoms with Crippen LogP contribution in [0.25, 0.3) is 0 Å². The normalized spacial score (nSPS) is 9.73. The first-order chi connectivity index (χ1) is 7.18. The average molecular weight is 208 g/mol. The van der Waals surface area contributed by atoms with Gasteiger partial charge in [-0.25, -0.2) is 0 Å². The van der Waals surface area contributed by atoms with E-state index in [1.54, 1.807) is 0 Å². The fraction of sp³-hybridized carbons (Fsp3) is 0.417. The van der Waals surface area contributed by atoms with Crippen molar-refractivity contribution < 1.29 is 14.3 Å². The first-order valence-corrected chi connectivity index (χ1v) is 5.01. The molecule has 0 saturated carbocycles. The third kappa shape index (κ3) is 5.05. The van der Waals surface area contributed by atoms with Crippen LogP contribution >= 0.6 is 0 Å². The second-order valence-electron chi connectivity index (χ2n) is 3.36. The molecule has 0 radical (unpaired) electrons. The van der Waals surface area contributed by atoms with Gasteiger partial charge in [0.05, 0.1) is 13.2 Å². The molecule has 1 aromatic rings. The molecule has 0 spiro atoms. The van der Waals surface area contributed by atoms with Gasteiger partial charge in [-0.05, 0) is 19.1 Å². The van der Waals surface area contributed by atoms with Gasteiger partial charge in [0, 0.05) is 13.3 Å². The minimum Gasteiger partial charge on any atom is -0.493 e. The van der Waals surface area contributed by atoms with E-state index in [9.17, 15) is 4.79 Å². The van der Waals surface area contributed by atoms with E-state index in [1.165, 1.54) is 12.5 Å². The Kier molecular flexibility index (Phi) is 4.68. The van der Waals surface area contributed by atoms with E-state index in [0.717, 1.165) is 5.75 Å².